The number of rotatable bonds is 10. The number of hydrogen-bond donors (Lipinski definition) is 1. The Labute approximate surface area is 151 Å². The Morgan fingerprint density at radius 1 is 1.12 bits per heavy atom. The molecule has 2 amide bonds. The summed E-state index contributed by atoms with van der Waals surface area (Å²) in [7, 11) is 0. The van der Waals surface area contributed by atoms with Crippen molar-refractivity contribution in [3.05, 3.63) is 17.8 Å². The summed E-state index contributed by atoms with van der Waals surface area (Å²) >= 11 is 0. The molecule has 6 nitrogen and oxygen atoms in total. The van der Waals surface area contributed by atoms with E-state index in [0.29, 0.717) is 37.4 Å². The van der Waals surface area contributed by atoms with Crippen molar-refractivity contribution in [2.75, 3.05) is 13.1 Å². The normalized spacial score (nSPS) is 11.4. The van der Waals surface area contributed by atoms with Gasteiger partial charge in [-0.05, 0) is 24.7 Å². The quantitative estimate of drug-likeness (QED) is 0.700. The van der Waals surface area contributed by atoms with Gasteiger partial charge in [0.25, 0.3) is 5.91 Å². The van der Waals surface area contributed by atoms with Crippen LogP contribution >= 0.6 is 0 Å². The summed E-state index contributed by atoms with van der Waals surface area (Å²) in [6, 6.07) is 0. The molecule has 0 saturated heterocycles. The molecule has 0 saturated carbocycles. The third-order valence-electron chi connectivity index (χ3n) is 3.90. The lowest BCUT2D eigenvalue weighted by atomic mass is 10.1. The van der Waals surface area contributed by atoms with Crippen molar-refractivity contribution in [1.82, 2.24) is 15.2 Å². The van der Waals surface area contributed by atoms with Crippen LogP contribution in [0.3, 0.4) is 0 Å². The van der Waals surface area contributed by atoms with E-state index in [1.165, 1.54) is 6.26 Å². The molecule has 0 fully saturated rings. The van der Waals surface area contributed by atoms with Crippen molar-refractivity contribution in [1.29, 1.82) is 0 Å². The Balaban J connectivity index is 2.67. The summed E-state index contributed by atoms with van der Waals surface area (Å²) in [6.45, 7) is 13.8. The Hall–Kier alpha value is -1.85. The predicted molar refractivity (Wildman–Crippen MR) is 98.0 cm³/mol. The molecule has 1 rings (SSSR count). The molecule has 1 heterocycles. The van der Waals surface area contributed by atoms with Gasteiger partial charge in [0.2, 0.25) is 11.8 Å². The number of aromatic nitrogens is 1. The highest BCUT2D eigenvalue weighted by Crippen LogP contribution is 2.12. The summed E-state index contributed by atoms with van der Waals surface area (Å²) in [4.78, 5) is 30.5. The maximum Gasteiger partial charge on any atom is 0.273 e. The van der Waals surface area contributed by atoms with Gasteiger partial charge in [-0.15, -0.1) is 0 Å². The fourth-order valence-electron chi connectivity index (χ4n) is 2.26. The van der Waals surface area contributed by atoms with Gasteiger partial charge in [-0.2, -0.15) is 0 Å². The number of nitrogens with zero attached hydrogens (tertiary/aromatic N) is 2. The minimum Gasteiger partial charge on any atom is -0.446 e. The van der Waals surface area contributed by atoms with Crippen molar-refractivity contribution in [2.24, 2.45) is 17.8 Å². The molecule has 1 aromatic rings. The zero-order valence-corrected chi connectivity index (χ0v) is 16.5. The first-order chi connectivity index (χ1) is 11.7. The van der Waals surface area contributed by atoms with E-state index in [1.807, 2.05) is 13.8 Å². The third kappa shape index (κ3) is 7.71. The van der Waals surface area contributed by atoms with Crippen LogP contribution in [0.15, 0.2) is 10.7 Å². The van der Waals surface area contributed by atoms with Gasteiger partial charge < -0.3 is 14.6 Å². The molecule has 0 radical (unpaired) electrons. The molecule has 0 bridgehead atoms. The van der Waals surface area contributed by atoms with E-state index in [2.05, 4.69) is 38.0 Å². The van der Waals surface area contributed by atoms with Crippen molar-refractivity contribution < 1.29 is 14.0 Å². The first kappa shape index (κ1) is 21.2. The SMILES string of the molecule is CC(C)CCNC(=O)c1coc(CN(CCC(C)C)C(=O)C(C)C)n1. The molecular formula is C19H33N3O3. The van der Waals surface area contributed by atoms with E-state index >= 15 is 0 Å². The Morgan fingerprint density at radius 2 is 1.76 bits per heavy atom. The molecule has 0 spiro atoms. The van der Waals surface area contributed by atoms with Gasteiger partial charge in [0.05, 0.1) is 6.54 Å². The summed E-state index contributed by atoms with van der Waals surface area (Å²) in [5, 5.41) is 2.84. The molecule has 1 N–H and O–H groups in total. The van der Waals surface area contributed by atoms with E-state index in [0.717, 1.165) is 12.8 Å². The highest BCUT2D eigenvalue weighted by molar-refractivity contribution is 5.91. The lowest BCUT2D eigenvalue weighted by Crippen LogP contribution is -2.35. The average Bonchev–Trinajstić information content (AvgIpc) is 2.98. The van der Waals surface area contributed by atoms with Crippen LogP contribution in [0.2, 0.25) is 0 Å². The molecule has 0 unspecified atom stereocenters. The van der Waals surface area contributed by atoms with Gasteiger partial charge in [0.15, 0.2) is 5.69 Å². The maximum atomic E-state index is 12.4. The zero-order chi connectivity index (χ0) is 19.0. The standard InChI is InChI=1S/C19H33N3O3/c1-13(2)7-9-20-18(23)16-12-25-17(21-16)11-22(10-8-14(3)4)19(24)15(5)6/h12-15H,7-11H2,1-6H3,(H,20,23). The topological polar surface area (TPSA) is 75.4 Å². The highest BCUT2D eigenvalue weighted by Gasteiger charge is 2.21. The average molecular weight is 351 g/mol. The van der Waals surface area contributed by atoms with Crippen LogP contribution in [-0.4, -0.2) is 34.8 Å². The van der Waals surface area contributed by atoms with Crippen molar-refractivity contribution in [3.63, 3.8) is 0 Å². The summed E-state index contributed by atoms with van der Waals surface area (Å²) in [5.74, 6) is 1.19. The van der Waals surface area contributed by atoms with Gasteiger partial charge in [-0.3, -0.25) is 9.59 Å². The molecule has 0 aliphatic heterocycles. The van der Waals surface area contributed by atoms with E-state index in [-0.39, 0.29) is 23.4 Å². The number of hydrogen-bond acceptors (Lipinski definition) is 4. The molecule has 142 valence electrons. The number of nitrogens with one attached hydrogen (secondary N) is 1. The fourth-order valence-corrected chi connectivity index (χ4v) is 2.26. The Kier molecular flexibility index (Phi) is 8.66. The minimum atomic E-state index is -0.237. The van der Waals surface area contributed by atoms with E-state index < -0.39 is 0 Å². The van der Waals surface area contributed by atoms with Crippen LogP contribution in [0.1, 0.15) is 70.8 Å². The van der Waals surface area contributed by atoms with Crippen LogP contribution in [-0.2, 0) is 11.3 Å². The third-order valence-corrected chi connectivity index (χ3v) is 3.90. The van der Waals surface area contributed by atoms with Crippen LogP contribution in [0.5, 0.6) is 0 Å². The minimum absolute atomic E-state index is 0.0711. The molecule has 0 aliphatic rings. The molecule has 0 aliphatic carbocycles. The van der Waals surface area contributed by atoms with E-state index in [1.54, 1.807) is 4.90 Å². The lowest BCUT2D eigenvalue weighted by molar-refractivity contribution is -0.135. The number of carbonyl (C=O) groups is 2. The van der Waals surface area contributed by atoms with Gasteiger partial charge in [-0.25, -0.2) is 4.98 Å². The molecule has 6 heteroatoms. The zero-order valence-electron chi connectivity index (χ0n) is 16.5. The first-order valence-corrected chi connectivity index (χ1v) is 9.22. The molecule has 25 heavy (non-hydrogen) atoms. The molecular weight excluding hydrogens is 318 g/mol. The van der Waals surface area contributed by atoms with Crippen LogP contribution < -0.4 is 5.32 Å². The molecule has 0 atom stereocenters. The smallest absolute Gasteiger partial charge is 0.273 e. The largest absolute Gasteiger partial charge is 0.446 e. The fraction of sp³-hybridized carbons (Fsp3) is 0.737. The van der Waals surface area contributed by atoms with Crippen molar-refractivity contribution >= 4 is 11.8 Å². The maximum absolute atomic E-state index is 12.4. The summed E-state index contributed by atoms with van der Waals surface area (Å²) < 4.78 is 5.41. The number of carbonyl (C=O) groups excluding carboxylic acids is 2. The van der Waals surface area contributed by atoms with Crippen molar-refractivity contribution in [2.45, 2.75) is 60.9 Å². The second-order valence-corrected chi connectivity index (χ2v) is 7.66. The molecule has 0 aromatic carbocycles. The van der Waals surface area contributed by atoms with Crippen LogP contribution in [0, 0.1) is 17.8 Å². The predicted octanol–water partition coefficient (Wildman–Crippen LogP) is 3.48. The van der Waals surface area contributed by atoms with Gasteiger partial charge in [0.1, 0.15) is 6.26 Å². The van der Waals surface area contributed by atoms with Gasteiger partial charge in [-0.1, -0.05) is 41.5 Å². The summed E-state index contributed by atoms with van der Waals surface area (Å²) in [6.07, 6.45) is 3.20. The number of amides is 2. The Bertz CT molecular complexity index is 550. The second-order valence-electron chi connectivity index (χ2n) is 7.66. The van der Waals surface area contributed by atoms with Gasteiger partial charge >= 0.3 is 0 Å². The lowest BCUT2D eigenvalue weighted by Gasteiger charge is -2.24. The van der Waals surface area contributed by atoms with Gasteiger partial charge in [0, 0.05) is 19.0 Å². The highest BCUT2D eigenvalue weighted by atomic mass is 16.3. The monoisotopic (exact) mass is 351 g/mol. The van der Waals surface area contributed by atoms with E-state index in [9.17, 15) is 9.59 Å². The first-order valence-electron chi connectivity index (χ1n) is 9.22. The molecule has 1 aromatic heterocycles. The Morgan fingerprint density at radius 3 is 2.32 bits per heavy atom. The van der Waals surface area contributed by atoms with Crippen LogP contribution in [0.25, 0.3) is 0 Å². The number of oxazole rings is 1. The van der Waals surface area contributed by atoms with Crippen molar-refractivity contribution in [3.8, 4) is 0 Å². The van der Waals surface area contributed by atoms with E-state index in [4.69, 9.17) is 4.42 Å². The van der Waals surface area contributed by atoms with Crippen LogP contribution in [0.4, 0.5) is 0 Å². The second kappa shape index (κ2) is 10.2. The summed E-state index contributed by atoms with van der Waals surface area (Å²) in [5.41, 5.74) is 0.263.